The molecule has 1 aromatic carbocycles. The van der Waals surface area contributed by atoms with E-state index in [-0.39, 0.29) is 27.7 Å². The number of H-pyrrole nitrogens is 1. The fourth-order valence-electron chi connectivity index (χ4n) is 4.65. The van der Waals surface area contributed by atoms with Crippen molar-refractivity contribution in [2.45, 2.75) is 43.8 Å². The summed E-state index contributed by atoms with van der Waals surface area (Å²) in [6.45, 7) is 1.99. The van der Waals surface area contributed by atoms with Gasteiger partial charge in [0, 0.05) is 31.0 Å². The average molecular weight is 498 g/mol. The molecule has 12 heteroatoms. The highest BCUT2D eigenvalue weighted by Gasteiger charge is 2.67. The normalized spacial score (nSPS) is 24.7. The van der Waals surface area contributed by atoms with Crippen molar-refractivity contribution in [1.29, 1.82) is 0 Å². The van der Waals surface area contributed by atoms with E-state index in [1.54, 1.807) is 0 Å². The Morgan fingerprint density at radius 1 is 1.26 bits per heavy atom. The van der Waals surface area contributed by atoms with Crippen LogP contribution in [0.15, 0.2) is 35.3 Å². The molecule has 1 fully saturated rings. The predicted molar refractivity (Wildman–Crippen MR) is 112 cm³/mol. The van der Waals surface area contributed by atoms with Crippen molar-refractivity contribution in [1.82, 2.24) is 9.97 Å². The average Bonchev–Trinajstić information content (AvgIpc) is 3.10. The summed E-state index contributed by atoms with van der Waals surface area (Å²) in [5, 5.41) is 9.06. The highest BCUT2D eigenvalue weighted by Crippen LogP contribution is 2.56. The first-order valence-electron chi connectivity index (χ1n) is 10.3. The van der Waals surface area contributed by atoms with Crippen LogP contribution in [0.2, 0.25) is 0 Å². The summed E-state index contributed by atoms with van der Waals surface area (Å²) >= 11 is 0. The lowest BCUT2D eigenvalue weighted by molar-refractivity contribution is -0.286. The molecule has 0 amide bonds. The highest BCUT2D eigenvalue weighted by molar-refractivity contribution is 6.00. The number of pyridine rings is 2. The van der Waals surface area contributed by atoms with Crippen LogP contribution in [0, 0.1) is 18.6 Å². The summed E-state index contributed by atoms with van der Waals surface area (Å²) < 4.78 is 81.5. The number of nitrogens with zero attached hydrogens (tertiary/aromatic N) is 1. The second-order valence-electron chi connectivity index (χ2n) is 8.38. The zero-order chi connectivity index (χ0) is 25.9. The third-order valence-electron chi connectivity index (χ3n) is 6.40. The van der Waals surface area contributed by atoms with E-state index < -0.39 is 58.6 Å². The molecule has 35 heavy (non-hydrogen) atoms. The smallest absolute Gasteiger partial charge is 0.419 e. The van der Waals surface area contributed by atoms with E-state index in [4.69, 9.17) is 9.47 Å². The zero-order valence-electron chi connectivity index (χ0n) is 18.5. The van der Waals surface area contributed by atoms with Crippen molar-refractivity contribution in [2.24, 2.45) is 0 Å². The molecule has 1 aliphatic heterocycles. The van der Waals surface area contributed by atoms with E-state index >= 15 is 0 Å². The Balaban J connectivity index is 1.99. The van der Waals surface area contributed by atoms with Crippen LogP contribution in [-0.2, 0) is 9.47 Å². The number of benzene rings is 1. The molecule has 4 atom stereocenters. The number of hydrogen-bond donors (Lipinski definition) is 2. The van der Waals surface area contributed by atoms with E-state index in [9.17, 15) is 36.6 Å². The Morgan fingerprint density at radius 2 is 1.94 bits per heavy atom. The van der Waals surface area contributed by atoms with Gasteiger partial charge in [-0.2, -0.15) is 13.2 Å². The van der Waals surface area contributed by atoms with Crippen molar-refractivity contribution in [3.63, 3.8) is 0 Å². The standard InChI is InChI=1S/C23H19F5N2O5/c1-9-10(4-5-11(24)17(9)25)15-19(35-22(2,20(15)34-3)23(26,27)28)13-8-14(31)16-12(30-13)6-7-29-18(16)21(32)33/h4-8,15,19-20H,1-3H3,(H,30,31)(H,32,33)/t15-,19-,20-,22+/m0/s1. The van der Waals surface area contributed by atoms with Gasteiger partial charge in [0.25, 0.3) is 0 Å². The number of rotatable bonds is 4. The molecular formula is C23H19F5N2O5. The molecule has 3 heterocycles. The monoisotopic (exact) mass is 498 g/mol. The van der Waals surface area contributed by atoms with E-state index in [1.807, 2.05) is 0 Å². The van der Waals surface area contributed by atoms with Crippen molar-refractivity contribution < 1.29 is 41.3 Å². The minimum absolute atomic E-state index is 0.00108. The number of carbonyl (C=O) groups is 1. The van der Waals surface area contributed by atoms with Crippen LogP contribution in [0.3, 0.4) is 0 Å². The summed E-state index contributed by atoms with van der Waals surface area (Å²) in [5.41, 5.74) is -4.62. The summed E-state index contributed by atoms with van der Waals surface area (Å²) in [7, 11) is 1.04. The third-order valence-corrected chi connectivity index (χ3v) is 6.40. The molecule has 7 nitrogen and oxygen atoms in total. The van der Waals surface area contributed by atoms with E-state index in [1.165, 1.54) is 13.0 Å². The Hall–Kier alpha value is -3.38. The van der Waals surface area contributed by atoms with Crippen molar-refractivity contribution in [3.8, 4) is 0 Å². The number of aromatic carboxylic acids is 1. The molecule has 4 rings (SSSR count). The highest BCUT2D eigenvalue weighted by atomic mass is 19.4. The zero-order valence-corrected chi connectivity index (χ0v) is 18.5. The van der Waals surface area contributed by atoms with Gasteiger partial charge in [-0.15, -0.1) is 0 Å². The number of aromatic amines is 1. The van der Waals surface area contributed by atoms with E-state index in [0.717, 1.165) is 38.4 Å². The van der Waals surface area contributed by atoms with Gasteiger partial charge in [0.1, 0.15) is 12.2 Å². The molecule has 1 aliphatic rings. The van der Waals surface area contributed by atoms with Gasteiger partial charge in [0.15, 0.2) is 28.4 Å². The molecule has 0 unspecified atom stereocenters. The number of hydrogen-bond acceptors (Lipinski definition) is 5. The van der Waals surface area contributed by atoms with Crippen LogP contribution in [-0.4, -0.2) is 46.0 Å². The largest absolute Gasteiger partial charge is 0.476 e. The van der Waals surface area contributed by atoms with Gasteiger partial charge in [-0.25, -0.2) is 18.6 Å². The second-order valence-corrected chi connectivity index (χ2v) is 8.38. The number of carboxylic acids is 1. The first kappa shape index (κ1) is 24.7. The molecule has 0 saturated carbocycles. The van der Waals surface area contributed by atoms with Gasteiger partial charge in [-0.05, 0) is 37.1 Å². The molecular weight excluding hydrogens is 479 g/mol. The minimum atomic E-state index is -4.94. The third kappa shape index (κ3) is 3.76. The Bertz CT molecular complexity index is 1390. The van der Waals surface area contributed by atoms with Crippen LogP contribution in [0.5, 0.6) is 0 Å². The van der Waals surface area contributed by atoms with Crippen molar-refractivity contribution in [3.05, 3.63) is 74.8 Å². The Labute approximate surface area is 194 Å². The lowest BCUT2D eigenvalue weighted by Crippen LogP contribution is -2.51. The summed E-state index contributed by atoms with van der Waals surface area (Å²) in [4.78, 5) is 30.8. The molecule has 1 saturated heterocycles. The Kier molecular flexibility index (Phi) is 5.92. The van der Waals surface area contributed by atoms with Crippen LogP contribution in [0.1, 0.15) is 46.3 Å². The number of carboxylic acid groups (broad SMARTS) is 1. The number of ether oxygens (including phenoxy) is 2. The van der Waals surface area contributed by atoms with Crippen LogP contribution in [0.4, 0.5) is 22.0 Å². The van der Waals surface area contributed by atoms with Gasteiger partial charge in [0.2, 0.25) is 0 Å². The number of aromatic nitrogens is 2. The molecule has 2 N–H and O–H groups in total. The Morgan fingerprint density at radius 3 is 2.54 bits per heavy atom. The van der Waals surface area contributed by atoms with Crippen molar-refractivity contribution in [2.75, 3.05) is 7.11 Å². The predicted octanol–water partition coefficient (Wildman–Crippen LogP) is 4.40. The number of alkyl halides is 3. The van der Waals surface area contributed by atoms with E-state index in [0.29, 0.717) is 0 Å². The van der Waals surface area contributed by atoms with Gasteiger partial charge in [-0.3, -0.25) is 4.79 Å². The van der Waals surface area contributed by atoms with Crippen LogP contribution < -0.4 is 5.43 Å². The van der Waals surface area contributed by atoms with Gasteiger partial charge >= 0.3 is 12.1 Å². The summed E-state index contributed by atoms with van der Waals surface area (Å²) in [6.07, 6.45) is -7.04. The van der Waals surface area contributed by atoms with Crippen LogP contribution >= 0.6 is 0 Å². The first-order valence-corrected chi connectivity index (χ1v) is 10.3. The fraction of sp³-hybridized carbons (Fsp3) is 0.348. The maximum absolute atomic E-state index is 14.4. The molecule has 0 spiro atoms. The minimum Gasteiger partial charge on any atom is -0.476 e. The van der Waals surface area contributed by atoms with Gasteiger partial charge < -0.3 is 19.6 Å². The molecule has 0 aliphatic carbocycles. The lowest BCUT2D eigenvalue weighted by Gasteiger charge is -2.33. The maximum atomic E-state index is 14.4. The summed E-state index contributed by atoms with van der Waals surface area (Å²) in [6, 6.07) is 4.14. The topological polar surface area (TPSA) is 102 Å². The first-order chi connectivity index (χ1) is 16.3. The lowest BCUT2D eigenvalue weighted by atomic mass is 9.81. The van der Waals surface area contributed by atoms with Gasteiger partial charge in [-0.1, -0.05) is 6.07 Å². The fourth-order valence-corrected chi connectivity index (χ4v) is 4.65. The molecule has 3 aromatic rings. The quantitative estimate of drug-likeness (QED) is 0.518. The molecule has 186 valence electrons. The maximum Gasteiger partial charge on any atom is 0.419 e. The summed E-state index contributed by atoms with van der Waals surface area (Å²) in [5.74, 6) is -5.20. The van der Waals surface area contributed by atoms with Gasteiger partial charge in [0.05, 0.1) is 10.9 Å². The van der Waals surface area contributed by atoms with Crippen LogP contribution in [0.25, 0.3) is 10.9 Å². The molecule has 0 bridgehead atoms. The molecule has 2 aromatic heterocycles. The SMILES string of the molecule is CO[C@H]1[C@@H](c2ccc(F)c(F)c2C)[C@H](c2cc(=O)c3c(C(=O)O)nccc3[nH]2)O[C@@]1(C)C(F)(F)F. The van der Waals surface area contributed by atoms with Crippen molar-refractivity contribution >= 4 is 16.9 Å². The number of nitrogens with one attached hydrogen (secondary N) is 1. The number of methoxy groups -OCH3 is 1. The second kappa shape index (κ2) is 8.38. The number of fused-ring (bicyclic) bond motifs is 1. The van der Waals surface area contributed by atoms with E-state index in [2.05, 4.69) is 9.97 Å². The molecule has 0 radical (unpaired) electrons. The number of halogens is 5.